The molecule has 2 fully saturated rings. The standard InChI is InChI=1S/C15H30N2/c1-3-6-13-9-10-17(11-13)12-14-7-5-8-15(14)16-4-2/h13-16H,3-12H2,1-2H3. The van der Waals surface area contributed by atoms with E-state index < -0.39 is 0 Å². The molecule has 3 unspecified atom stereocenters. The zero-order valence-corrected chi connectivity index (χ0v) is 11.8. The minimum Gasteiger partial charge on any atom is -0.314 e. The van der Waals surface area contributed by atoms with Crippen LogP contribution in [0, 0.1) is 11.8 Å². The molecule has 2 heteroatoms. The molecular weight excluding hydrogens is 208 g/mol. The molecule has 1 heterocycles. The maximum Gasteiger partial charge on any atom is 0.0107 e. The van der Waals surface area contributed by atoms with Gasteiger partial charge >= 0.3 is 0 Å². The van der Waals surface area contributed by atoms with Gasteiger partial charge in [-0.05, 0) is 50.6 Å². The molecule has 2 nitrogen and oxygen atoms in total. The van der Waals surface area contributed by atoms with E-state index in [0.717, 1.165) is 24.4 Å². The Hall–Kier alpha value is -0.0800. The summed E-state index contributed by atoms with van der Waals surface area (Å²) in [7, 11) is 0. The third-order valence-corrected chi connectivity index (χ3v) is 4.68. The van der Waals surface area contributed by atoms with Crippen molar-refractivity contribution in [3.8, 4) is 0 Å². The van der Waals surface area contributed by atoms with Gasteiger partial charge in [0.2, 0.25) is 0 Å². The van der Waals surface area contributed by atoms with Gasteiger partial charge in [-0.25, -0.2) is 0 Å². The van der Waals surface area contributed by atoms with Crippen molar-refractivity contribution in [1.82, 2.24) is 10.2 Å². The first-order valence-electron chi connectivity index (χ1n) is 7.79. The summed E-state index contributed by atoms with van der Waals surface area (Å²) in [5, 5.41) is 3.68. The lowest BCUT2D eigenvalue weighted by molar-refractivity contribution is 0.244. The number of rotatable bonds is 6. The molecule has 3 atom stereocenters. The fraction of sp³-hybridized carbons (Fsp3) is 1.00. The Balaban J connectivity index is 1.73. The molecule has 2 rings (SSSR count). The van der Waals surface area contributed by atoms with E-state index in [9.17, 15) is 0 Å². The van der Waals surface area contributed by atoms with Gasteiger partial charge in [0.15, 0.2) is 0 Å². The van der Waals surface area contributed by atoms with E-state index in [2.05, 4.69) is 24.1 Å². The first-order valence-corrected chi connectivity index (χ1v) is 7.79. The van der Waals surface area contributed by atoms with Crippen LogP contribution < -0.4 is 5.32 Å². The van der Waals surface area contributed by atoms with Gasteiger partial charge in [0.25, 0.3) is 0 Å². The highest BCUT2D eigenvalue weighted by Crippen LogP contribution is 2.29. The Morgan fingerprint density at radius 2 is 2.06 bits per heavy atom. The van der Waals surface area contributed by atoms with Crippen molar-refractivity contribution < 1.29 is 0 Å². The zero-order valence-electron chi connectivity index (χ0n) is 11.8. The molecule has 1 aliphatic carbocycles. The quantitative estimate of drug-likeness (QED) is 0.765. The third-order valence-electron chi connectivity index (χ3n) is 4.68. The van der Waals surface area contributed by atoms with Gasteiger partial charge in [0, 0.05) is 19.1 Å². The SMILES string of the molecule is CCCC1CCN(CC2CCCC2NCC)C1. The van der Waals surface area contributed by atoms with E-state index in [0.29, 0.717) is 0 Å². The van der Waals surface area contributed by atoms with Crippen molar-refractivity contribution in [1.29, 1.82) is 0 Å². The summed E-state index contributed by atoms with van der Waals surface area (Å²) in [6.07, 6.45) is 8.55. The predicted molar refractivity (Wildman–Crippen MR) is 74.3 cm³/mol. The van der Waals surface area contributed by atoms with E-state index in [-0.39, 0.29) is 0 Å². The molecule has 0 aromatic heterocycles. The molecule has 1 N–H and O–H groups in total. The lowest BCUT2D eigenvalue weighted by atomic mass is 10.0. The van der Waals surface area contributed by atoms with Crippen LogP contribution in [0.15, 0.2) is 0 Å². The van der Waals surface area contributed by atoms with Gasteiger partial charge in [-0.2, -0.15) is 0 Å². The molecule has 0 amide bonds. The molecule has 0 radical (unpaired) electrons. The molecule has 100 valence electrons. The Labute approximate surface area is 107 Å². The maximum absolute atomic E-state index is 3.68. The lowest BCUT2D eigenvalue weighted by Crippen LogP contribution is -2.38. The van der Waals surface area contributed by atoms with Crippen LogP contribution in [0.3, 0.4) is 0 Å². The van der Waals surface area contributed by atoms with Crippen LogP contribution in [0.2, 0.25) is 0 Å². The van der Waals surface area contributed by atoms with Gasteiger partial charge in [0.05, 0.1) is 0 Å². The van der Waals surface area contributed by atoms with Crippen LogP contribution in [-0.4, -0.2) is 37.1 Å². The second-order valence-corrected chi connectivity index (χ2v) is 6.06. The summed E-state index contributed by atoms with van der Waals surface area (Å²) in [5.41, 5.74) is 0. The summed E-state index contributed by atoms with van der Waals surface area (Å²) in [6.45, 7) is 9.80. The van der Waals surface area contributed by atoms with Crippen molar-refractivity contribution in [3.63, 3.8) is 0 Å². The van der Waals surface area contributed by atoms with Crippen LogP contribution >= 0.6 is 0 Å². The largest absolute Gasteiger partial charge is 0.314 e. The Kier molecular flexibility index (Phi) is 5.30. The van der Waals surface area contributed by atoms with Crippen LogP contribution in [0.4, 0.5) is 0 Å². The monoisotopic (exact) mass is 238 g/mol. The summed E-state index contributed by atoms with van der Waals surface area (Å²) < 4.78 is 0. The highest BCUT2D eigenvalue weighted by atomic mass is 15.2. The van der Waals surface area contributed by atoms with E-state index in [1.54, 1.807) is 0 Å². The molecule has 0 bridgehead atoms. The topological polar surface area (TPSA) is 15.3 Å². The summed E-state index contributed by atoms with van der Waals surface area (Å²) in [4.78, 5) is 2.74. The minimum atomic E-state index is 0.810. The molecular formula is C15H30N2. The summed E-state index contributed by atoms with van der Waals surface area (Å²) in [6, 6.07) is 0.810. The fourth-order valence-electron chi connectivity index (χ4n) is 3.84. The minimum absolute atomic E-state index is 0.810. The molecule has 1 aliphatic heterocycles. The van der Waals surface area contributed by atoms with Crippen molar-refractivity contribution in [2.75, 3.05) is 26.2 Å². The molecule has 0 aromatic rings. The fourth-order valence-corrected chi connectivity index (χ4v) is 3.84. The van der Waals surface area contributed by atoms with Gasteiger partial charge < -0.3 is 10.2 Å². The normalized spacial score (nSPS) is 34.6. The molecule has 0 spiro atoms. The average molecular weight is 238 g/mol. The Morgan fingerprint density at radius 3 is 2.82 bits per heavy atom. The van der Waals surface area contributed by atoms with Crippen molar-refractivity contribution >= 4 is 0 Å². The molecule has 2 aliphatic rings. The van der Waals surface area contributed by atoms with Crippen molar-refractivity contribution in [2.24, 2.45) is 11.8 Å². The maximum atomic E-state index is 3.68. The van der Waals surface area contributed by atoms with Crippen LogP contribution in [0.5, 0.6) is 0 Å². The second kappa shape index (κ2) is 6.75. The highest BCUT2D eigenvalue weighted by molar-refractivity contribution is 4.87. The van der Waals surface area contributed by atoms with E-state index in [4.69, 9.17) is 0 Å². The van der Waals surface area contributed by atoms with Crippen LogP contribution in [-0.2, 0) is 0 Å². The van der Waals surface area contributed by atoms with Crippen molar-refractivity contribution in [3.05, 3.63) is 0 Å². The molecule has 17 heavy (non-hydrogen) atoms. The van der Waals surface area contributed by atoms with Crippen LogP contribution in [0.25, 0.3) is 0 Å². The molecule has 1 saturated carbocycles. The lowest BCUT2D eigenvalue weighted by Gasteiger charge is -2.26. The summed E-state index contributed by atoms with van der Waals surface area (Å²) in [5.74, 6) is 1.93. The smallest absolute Gasteiger partial charge is 0.0107 e. The molecule has 0 aromatic carbocycles. The highest BCUT2D eigenvalue weighted by Gasteiger charge is 2.30. The number of hydrogen-bond acceptors (Lipinski definition) is 2. The third kappa shape index (κ3) is 3.69. The zero-order chi connectivity index (χ0) is 12.1. The predicted octanol–water partition coefficient (Wildman–Crippen LogP) is 2.89. The van der Waals surface area contributed by atoms with Gasteiger partial charge in [0.1, 0.15) is 0 Å². The van der Waals surface area contributed by atoms with E-state index in [1.165, 1.54) is 58.2 Å². The number of hydrogen-bond donors (Lipinski definition) is 1. The summed E-state index contributed by atoms with van der Waals surface area (Å²) >= 11 is 0. The van der Waals surface area contributed by atoms with Gasteiger partial charge in [-0.15, -0.1) is 0 Å². The Bertz CT molecular complexity index is 217. The number of nitrogens with one attached hydrogen (secondary N) is 1. The number of likely N-dealkylation sites (tertiary alicyclic amines) is 1. The van der Waals surface area contributed by atoms with Gasteiger partial charge in [-0.3, -0.25) is 0 Å². The van der Waals surface area contributed by atoms with E-state index in [1.807, 2.05) is 0 Å². The van der Waals surface area contributed by atoms with Crippen LogP contribution in [0.1, 0.15) is 52.4 Å². The van der Waals surface area contributed by atoms with E-state index >= 15 is 0 Å². The second-order valence-electron chi connectivity index (χ2n) is 6.06. The number of nitrogens with zero attached hydrogens (tertiary/aromatic N) is 1. The first kappa shape index (κ1) is 13.4. The average Bonchev–Trinajstić information content (AvgIpc) is 2.91. The van der Waals surface area contributed by atoms with Gasteiger partial charge in [-0.1, -0.05) is 26.7 Å². The Morgan fingerprint density at radius 1 is 1.18 bits per heavy atom. The molecule has 1 saturated heterocycles. The first-order chi connectivity index (χ1) is 8.33. The van der Waals surface area contributed by atoms with Crippen molar-refractivity contribution in [2.45, 2.75) is 58.4 Å².